The molecule has 2 aliphatic rings. The summed E-state index contributed by atoms with van der Waals surface area (Å²) in [4.78, 5) is 14.8. The van der Waals surface area contributed by atoms with E-state index in [1.807, 2.05) is 7.05 Å². The van der Waals surface area contributed by atoms with Gasteiger partial charge in [0, 0.05) is 24.8 Å². The van der Waals surface area contributed by atoms with Crippen LogP contribution in [0.15, 0.2) is 23.1 Å². The highest BCUT2D eigenvalue weighted by Crippen LogP contribution is 2.31. The lowest BCUT2D eigenvalue weighted by atomic mass is 9.94. The second-order valence-corrected chi connectivity index (χ2v) is 9.99. The van der Waals surface area contributed by atoms with Crippen LogP contribution in [0, 0.1) is 0 Å². The Bertz CT molecular complexity index is 800. The fraction of sp³-hybridized carbons (Fsp3) is 0.667. The predicted octanol–water partition coefficient (Wildman–Crippen LogP) is 3.07. The van der Waals surface area contributed by atoms with E-state index in [1.165, 1.54) is 36.7 Å². The normalized spacial score (nSPS) is 19.3. The van der Waals surface area contributed by atoms with E-state index in [-0.39, 0.29) is 10.8 Å². The first kappa shape index (κ1) is 22.1. The topological polar surface area (TPSA) is 79.0 Å². The maximum Gasteiger partial charge on any atom is 0.246 e. The van der Waals surface area contributed by atoms with Gasteiger partial charge in [0.1, 0.15) is 10.6 Å². The Labute approximate surface area is 174 Å². The fourth-order valence-corrected chi connectivity index (χ4v) is 5.98. The lowest BCUT2D eigenvalue weighted by Crippen LogP contribution is -2.39. The number of carbonyl (C=O) groups excluding carboxylic acids is 1. The van der Waals surface area contributed by atoms with Crippen LogP contribution in [0.25, 0.3) is 0 Å². The van der Waals surface area contributed by atoms with Gasteiger partial charge in [-0.25, -0.2) is 8.42 Å². The van der Waals surface area contributed by atoms with Crippen LogP contribution in [0.5, 0.6) is 5.75 Å². The van der Waals surface area contributed by atoms with Gasteiger partial charge in [-0.05, 0) is 50.9 Å². The fourth-order valence-electron chi connectivity index (χ4n) is 4.28. The van der Waals surface area contributed by atoms with Crippen LogP contribution in [0.4, 0.5) is 5.69 Å². The number of sulfonamides is 1. The maximum absolute atomic E-state index is 13.1. The van der Waals surface area contributed by atoms with Crippen LogP contribution < -0.4 is 10.1 Å². The highest BCUT2D eigenvalue weighted by Gasteiger charge is 2.29. The Hall–Kier alpha value is -1.64. The number of nitrogens with zero attached hydrogens (tertiary/aromatic N) is 2. The molecular weight excluding hydrogens is 390 g/mol. The molecule has 0 aromatic heterocycles. The van der Waals surface area contributed by atoms with Crippen LogP contribution in [0.3, 0.4) is 0 Å². The van der Waals surface area contributed by atoms with Crippen molar-refractivity contribution in [2.45, 2.75) is 62.3 Å². The Morgan fingerprint density at radius 3 is 2.45 bits per heavy atom. The van der Waals surface area contributed by atoms with Crippen molar-refractivity contribution in [3.8, 4) is 5.75 Å². The second kappa shape index (κ2) is 9.91. The molecule has 7 nitrogen and oxygen atoms in total. The molecule has 162 valence electrons. The van der Waals surface area contributed by atoms with E-state index in [0.29, 0.717) is 37.1 Å². The number of carbonyl (C=O) groups is 1. The summed E-state index contributed by atoms with van der Waals surface area (Å²) in [6.45, 7) is 1.34. The smallest absolute Gasteiger partial charge is 0.246 e. The molecular formula is C21H33N3O4S. The van der Waals surface area contributed by atoms with Crippen molar-refractivity contribution in [2.75, 3.05) is 39.1 Å². The lowest BCUT2D eigenvalue weighted by Gasteiger charge is -2.30. The number of ether oxygens (including phenoxy) is 1. The van der Waals surface area contributed by atoms with Crippen molar-refractivity contribution < 1.29 is 17.9 Å². The standard InChI is InChI=1S/C21H33N3O4S/c1-23(18-9-5-3-6-10-18)16-21(25)22-17-11-12-19(28-2)20(15-17)29(26,27)24-13-7-4-8-14-24/h11-12,15,18H,3-10,13-14,16H2,1-2H3,(H,22,25). The third-order valence-electron chi connectivity index (χ3n) is 5.97. The van der Waals surface area contributed by atoms with Crippen LogP contribution >= 0.6 is 0 Å². The van der Waals surface area contributed by atoms with E-state index in [1.54, 1.807) is 12.1 Å². The van der Waals surface area contributed by atoms with Crippen LogP contribution in [-0.2, 0) is 14.8 Å². The van der Waals surface area contributed by atoms with Crippen molar-refractivity contribution in [1.82, 2.24) is 9.21 Å². The molecule has 1 heterocycles. The zero-order valence-electron chi connectivity index (χ0n) is 17.5. The van der Waals surface area contributed by atoms with Gasteiger partial charge in [-0.2, -0.15) is 4.31 Å². The number of hydrogen-bond acceptors (Lipinski definition) is 5. The number of piperidine rings is 1. The zero-order valence-corrected chi connectivity index (χ0v) is 18.3. The molecule has 0 radical (unpaired) electrons. The summed E-state index contributed by atoms with van der Waals surface area (Å²) in [5, 5.41) is 2.86. The number of methoxy groups -OCH3 is 1. The molecule has 1 N–H and O–H groups in total. The zero-order chi connectivity index (χ0) is 20.9. The minimum absolute atomic E-state index is 0.111. The van der Waals surface area contributed by atoms with Gasteiger partial charge in [0.25, 0.3) is 0 Å². The van der Waals surface area contributed by atoms with Crippen molar-refractivity contribution in [2.24, 2.45) is 0 Å². The highest BCUT2D eigenvalue weighted by atomic mass is 32.2. The van der Waals surface area contributed by atoms with Gasteiger partial charge in [0.15, 0.2) is 0 Å². The highest BCUT2D eigenvalue weighted by molar-refractivity contribution is 7.89. The molecule has 0 unspecified atom stereocenters. The minimum atomic E-state index is -3.66. The van der Waals surface area contributed by atoms with Crippen molar-refractivity contribution in [3.63, 3.8) is 0 Å². The number of hydrogen-bond donors (Lipinski definition) is 1. The van der Waals surface area contributed by atoms with E-state index < -0.39 is 10.0 Å². The first-order valence-corrected chi connectivity index (χ1v) is 12.0. The summed E-state index contributed by atoms with van der Waals surface area (Å²) in [5.74, 6) is 0.164. The van der Waals surface area contributed by atoms with Gasteiger partial charge in [-0.15, -0.1) is 0 Å². The first-order chi connectivity index (χ1) is 13.9. The van der Waals surface area contributed by atoms with Crippen LogP contribution in [0.1, 0.15) is 51.4 Å². The number of likely N-dealkylation sites (N-methyl/N-ethyl adjacent to an activating group) is 1. The largest absolute Gasteiger partial charge is 0.495 e. The van der Waals surface area contributed by atoms with Crippen LogP contribution in [-0.4, -0.2) is 63.4 Å². The molecule has 0 spiro atoms. The van der Waals surface area contributed by atoms with Crippen LogP contribution in [0.2, 0.25) is 0 Å². The quantitative estimate of drug-likeness (QED) is 0.729. The Morgan fingerprint density at radius 1 is 1.14 bits per heavy atom. The van der Waals surface area contributed by atoms with Crippen molar-refractivity contribution in [3.05, 3.63) is 18.2 Å². The molecule has 1 saturated carbocycles. The molecule has 2 fully saturated rings. The van der Waals surface area contributed by atoms with E-state index in [4.69, 9.17) is 4.74 Å². The number of anilines is 1. The maximum atomic E-state index is 13.1. The molecule has 1 aromatic rings. The van der Waals surface area contributed by atoms with Gasteiger partial charge in [-0.1, -0.05) is 25.7 Å². The summed E-state index contributed by atoms with van der Waals surface area (Å²) >= 11 is 0. The minimum Gasteiger partial charge on any atom is -0.495 e. The van der Waals surface area contributed by atoms with Crippen molar-refractivity contribution in [1.29, 1.82) is 0 Å². The van der Waals surface area contributed by atoms with E-state index in [0.717, 1.165) is 32.1 Å². The Balaban J connectivity index is 1.71. The molecule has 3 rings (SSSR count). The third kappa shape index (κ3) is 5.49. The van der Waals surface area contributed by atoms with E-state index >= 15 is 0 Å². The molecule has 1 aliphatic heterocycles. The Kier molecular flexibility index (Phi) is 7.54. The average molecular weight is 424 g/mol. The predicted molar refractivity (Wildman–Crippen MR) is 114 cm³/mol. The summed E-state index contributed by atoms with van der Waals surface area (Å²) in [6, 6.07) is 5.26. The van der Waals surface area contributed by atoms with Gasteiger partial charge < -0.3 is 10.1 Å². The molecule has 0 bridgehead atoms. The van der Waals surface area contributed by atoms with Crippen molar-refractivity contribution >= 4 is 21.6 Å². The first-order valence-electron chi connectivity index (χ1n) is 10.6. The van der Waals surface area contributed by atoms with E-state index in [9.17, 15) is 13.2 Å². The second-order valence-electron chi connectivity index (χ2n) is 8.09. The number of rotatable bonds is 7. The van der Waals surface area contributed by atoms with Gasteiger partial charge in [0.2, 0.25) is 15.9 Å². The molecule has 1 aliphatic carbocycles. The summed E-state index contributed by atoms with van der Waals surface area (Å²) in [5.41, 5.74) is 0.475. The summed E-state index contributed by atoms with van der Waals surface area (Å²) in [6.07, 6.45) is 8.75. The third-order valence-corrected chi connectivity index (χ3v) is 7.89. The van der Waals surface area contributed by atoms with E-state index in [2.05, 4.69) is 10.2 Å². The molecule has 1 aromatic carbocycles. The SMILES string of the molecule is COc1ccc(NC(=O)CN(C)C2CCCCC2)cc1S(=O)(=O)N1CCCCC1. The average Bonchev–Trinajstić information content (AvgIpc) is 2.74. The monoisotopic (exact) mass is 423 g/mol. The molecule has 1 saturated heterocycles. The number of amides is 1. The molecule has 1 amide bonds. The molecule has 29 heavy (non-hydrogen) atoms. The summed E-state index contributed by atoms with van der Waals surface area (Å²) in [7, 11) is -0.214. The molecule has 8 heteroatoms. The molecule has 0 atom stereocenters. The Morgan fingerprint density at radius 2 is 1.79 bits per heavy atom. The van der Waals surface area contributed by atoms with Gasteiger partial charge >= 0.3 is 0 Å². The lowest BCUT2D eigenvalue weighted by molar-refractivity contribution is -0.117. The number of nitrogens with one attached hydrogen (secondary N) is 1. The van der Waals surface area contributed by atoms with Gasteiger partial charge in [-0.3, -0.25) is 9.69 Å². The summed E-state index contributed by atoms with van der Waals surface area (Å²) < 4.78 is 33.0. The number of benzene rings is 1. The van der Waals surface area contributed by atoms with Gasteiger partial charge in [0.05, 0.1) is 13.7 Å².